The third-order valence-corrected chi connectivity index (χ3v) is 6.11. The zero-order valence-corrected chi connectivity index (χ0v) is 22.2. The predicted octanol–water partition coefficient (Wildman–Crippen LogP) is 4.20. The number of aromatic amines is 2. The molecule has 2 heterocycles. The van der Waals surface area contributed by atoms with Crippen LogP contribution < -0.4 is 15.9 Å². The van der Waals surface area contributed by atoms with Gasteiger partial charge in [0.25, 0.3) is 11.1 Å². The van der Waals surface area contributed by atoms with E-state index in [1.807, 2.05) is 0 Å². The van der Waals surface area contributed by atoms with Gasteiger partial charge in [-0.3, -0.25) is 14.1 Å². The Balaban J connectivity index is 1.83. The quantitative estimate of drug-likeness (QED) is 0.163. The van der Waals surface area contributed by atoms with Crippen molar-refractivity contribution in [2.45, 2.75) is 19.2 Å². The van der Waals surface area contributed by atoms with Gasteiger partial charge >= 0.3 is 14.0 Å². The fourth-order valence-corrected chi connectivity index (χ4v) is 4.26. The molecule has 0 aliphatic heterocycles. The summed E-state index contributed by atoms with van der Waals surface area (Å²) in [6.45, 7) is -0.948. The normalized spacial score (nSPS) is 11.8. The Morgan fingerprint density at radius 3 is 2.40 bits per heavy atom. The molecule has 2 aromatic carbocycles. The molecule has 218 valence electrons. The highest BCUT2D eigenvalue weighted by molar-refractivity contribution is 7.46. The zero-order valence-electron chi connectivity index (χ0n) is 20.6. The highest BCUT2D eigenvalue weighted by atomic mass is 35.5. The summed E-state index contributed by atoms with van der Waals surface area (Å²) in [7, 11) is -5.12. The van der Waals surface area contributed by atoms with Gasteiger partial charge in [0.2, 0.25) is 5.75 Å². The molecule has 42 heavy (non-hydrogen) atoms. The van der Waals surface area contributed by atoms with E-state index >= 15 is 0 Å². The summed E-state index contributed by atoms with van der Waals surface area (Å²) >= 11 is 5.86. The minimum absolute atomic E-state index is 0.0511. The summed E-state index contributed by atoms with van der Waals surface area (Å²) in [5.74, 6) is -2.91. The minimum atomic E-state index is -5.22. The minimum Gasteiger partial charge on any atom is -0.449 e. The van der Waals surface area contributed by atoms with Crippen molar-refractivity contribution in [3.63, 3.8) is 0 Å². The van der Waals surface area contributed by atoms with Gasteiger partial charge in [0, 0.05) is 10.6 Å². The lowest BCUT2D eigenvalue weighted by Crippen LogP contribution is -2.23. The third-order valence-electron chi connectivity index (χ3n) is 5.43. The molecule has 4 N–H and O–H groups in total. The van der Waals surface area contributed by atoms with Crippen LogP contribution in [0, 0.1) is 17.1 Å². The maximum Gasteiger partial charge on any atom is 0.469 e. The first-order chi connectivity index (χ1) is 19.6. The highest BCUT2D eigenvalue weighted by Crippen LogP contribution is 2.39. The van der Waals surface area contributed by atoms with Gasteiger partial charge in [0.15, 0.2) is 5.69 Å². The molecule has 0 aliphatic rings. The van der Waals surface area contributed by atoms with Crippen LogP contribution in [0.15, 0.2) is 52.1 Å². The van der Waals surface area contributed by atoms with Crippen molar-refractivity contribution in [3.8, 4) is 28.7 Å². The maximum atomic E-state index is 14.0. The Kier molecular flexibility index (Phi) is 8.62. The number of ether oxygens (including phenoxy) is 1. The topological polar surface area (TPSA) is 191 Å². The van der Waals surface area contributed by atoms with E-state index in [1.165, 1.54) is 18.2 Å². The number of alkyl halides is 3. The summed E-state index contributed by atoms with van der Waals surface area (Å²) in [5.41, 5.74) is -4.88. The van der Waals surface area contributed by atoms with Crippen LogP contribution in [0.2, 0.25) is 5.02 Å². The molecule has 0 unspecified atom stereocenters. The number of rotatable bonds is 8. The van der Waals surface area contributed by atoms with Crippen LogP contribution in [0.5, 0.6) is 11.5 Å². The number of nitrogens with zero attached hydrogens (tertiary/aromatic N) is 3. The van der Waals surface area contributed by atoms with Crippen LogP contribution >= 0.6 is 19.4 Å². The number of phosphoric acid groups is 1. The summed E-state index contributed by atoms with van der Waals surface area (Å²) in [5, 5.41) is 14.9. The largest absolute Gasteiger partial charge is 0.469 e. The molecule has 0 saturated heterocycles. The number of H-pyrrole nitrogens is 2. The van der Waals surface area contributed by atoms with Gasteiger partial charge in [-0.25, -0.2) is 19.0 Å². The van der Waals surface area contributed by atoms with Gasteiger partial charge in [0.1, 0.15) is 17.4 Å². The van der Waals surface area contributed by atoms with E-state index in [-0.39, 0.29) is 38.7 Å². The number of hydrogen-bond acceptors (Lipinski definition) is 8. The Bertz CT molecular complexity index is 1870. The molecule has 0 aliphatic carbocycles. The van der Waals surface area contributed by atoms with Crippen molar-refractivity contribution in [2.75, 3.05) is 0 Å². The number of phosphoric ester groups is 1. The monoisotopic (exact) mass is 627 g/mol. The van der Waals surface area contributed by atoms with E-state index < -0.39 is 61.2 Å². The summed E-state index contributed by atoms with van der Waals surface area (Å²) in [6.07, 6.45) is -5.93. The molecular weight excluding hydrogens is 613 g/mol. The Hall–Kier alpha value is -4.39. The maximum absolute atomic E-state index is 14.0. The second-order valence-electron chi connectivity index (χ2n) is 8.38. The number of aromatic nitrogens is 4. The van der Waals surface area contributed by atoms with Crippen molar-refractivity contribution < 1.29 is 41.2 Å². The van der Waals surface area contributed by atoms with Crippen LogP contribution in [-0.2, 0) is 28.3 Å². The molecule has 18 heteroatoms. The molecule has 0 fully saturated rings. The third kappa shape index (κ3) is 7.27. The number of nitriles is 1. The smallest absolute Gasteiger partial charge is 0.449 e. The van der Waals surface area contributed by atoms with E-state index in [1.54, 1.807) is 6.07 Å². The molecule has 0 saturated carbocycles. The number of benzene rings is 2. The van der Waals surface area contributed by atoms with Gasteiger partial charge < -0.3 is 19.5 Å². The lowest BCUT2D eigenvalue weighted by atomic mass is 9.99. The van der Waals surface area contributed by atoms with Gasteiger partial charge in [-0.15, -0.1) is 0 Å². The molecule has 4 rings (SSSR count). The van der Waals surface area contributed by atoms with E-state index in [4.69, 9.17) is 21.6 Å². The lowest BCUT2D eigenvalue weighted by molar-refractivity contribution is -0.142. The first-order valence-electron chi connectivity index (χ1n) is 11.3. The SMILES string of the molecule is N#Cc1cc(Cl)cc(Oc2c(C(F)(F)F)nc(Cc3n[nH]c(=O)c(-c4ccc(F)cc4)c3COP(=O)(O)O)[nH]c2=O)c1. The van der Waals surface area contributed by atoms with Gasteiger partial charge in [-0.1, -0.05) is 23.7 Å². The molecule has 0 atom stereocenters. The van der Waals surface area contributed by atoms with Crippen molar-refractivity contribution in [2.24, 2.45) is 0 Å². The molecule has 12 nitrogen and oxygen atoms in total. The number of hydrogen-bond donors (Lipinski definition) is 4. The van der Waals surface area contributed by atoms with Crippen LogP contribution in [0.25, 0.3) is 11.1 Å². The summed E-state index contributed by atoms with van der Waals surface area (Å²) in [4.78, 5) is 49.4. The van der Waals surface area contributed by atoms with Crippen LogP contribution in [0.3, 0.4) is 0 Å². The second-order valence-corrected chi connectivity index (χ2v) is 10.1. The predicted molar refractivity (Wildman–Crippen MR) is 136 cm³/mol. The van der Waals surface area contributed by atoms with Crippen LogP contribution in [-0.4, -0.2) is 30.0 Å². The Labute approximate surface area is 236 Å². The molecule has 2 aromatic heterocycles. The zero-order chi connectivity index (χ0) is 30.8. The summed E-state index contributed by atoms with van der Waals surface area (Å²) < 4.78 is 76.5. The van der Waals surface area contributed by atoms with Gasteiger partial charge in [-0.05, 0) is 35.9 Å². The Morgan fingerprint density at radius 2 is 1.79 bits per heavy atom. The van der Waals surface area contributed by atoms with E-state index in [0.29, 0.717) is 0 Å². The second kappa shape index (κ2) is 11.8. The molecule has 0 radical (unpaired) electrons. The Morgan fingerprint density at radius 1 is 1.10 bits per heavy atom. The first kappa shape index (κ1) is 30.6. The van der Waals surface area contributed by atoms with Crippen LogP contribution in [0.1, 0.15) is 28.3 Å². The van der Waals surface area contributed by atoms with E-state index in [9.17, 15) is 41.5 Å². The van der Waals surface area contributed by atoms with Crippen LogP contribution in [0.4, 0.5) is 17.6 Å². The summed E-state index contributed by atoms with van der Waals surface area (Å²) in [6, 6.07) is 9.42. The lowest BCUT2D eigenvalue weighted by Gasteiger charge is -2.16. The molecule has 4 aromatic rings. The fourth-order valence-electron chi connectivity index (χ4n) is 3.74. The number of nitrogens with one attached hydrogen (secondary N) is 2. The highest BCUT2D eigenvalue weighted by Gasteiger charge is 2.39. The van der Waals surface area contributed by atoms with Crippen molar-refractivity contribution in [3.05, 3.63) is 102 Å². The van der Waals surface area contributed by atoms with E-state index in [0.717, 1.165) is 24.3 Å². The first-order valence-corrected chi connectivity index (χ1v) is 13.2. The average molecular weight is 628 g/mol. The van der Waals surface area contributed by atoms with Crippen molar-refractivity contribution in [1.29, 1.82) is 5.26 Å². The number of halogens is 5. The van der Waals surface area contributed by atoms with Gasteiger partial charge in [0.05, 0.1) is 35.9 Å². The van der Waals surface area contributed by atoms with Crippen molar-refractivity contribution in [1.82, 2.24) is 20.2 Å². The van der Waals surface area contributed by atoms with Gasteiger partial charge in [-0.2, -0.15) is 23.5 Å². The molecule has 0 bridgehead atoms. The van der Waals surface area contributed by atoms with E-state index in [2.05, 4.69) is 24.7 Å². The van der Waals surface area contributed by atoms with Crippen molar-refractivity contribution >= 4 is 19.4 Å². The average Bonchev–Trinajstić information content (AvgIpc) is 2.89. The standard InChI is InChI=1S/C24H15ClF4N5O7P/c25-13-5-11(9-30)6-15(7-13)41-20-21(24(27,28)29)31-18(32-23(20)36)8-17-16(10-40-42(37,38)39)19(22(35)34-33-17)12-1-3-14(26)4-2-12/h1-7H,8,10H2,(H,34,35)(H,31,32,36)(H2,37,38,39). The molecule has 0 amide bonds. The fraction of sp³-hybridized carbons (Fsp3) is 0.125. The molecular formula is C24H15ClF4N5O7P. The molecule has 0 spiro atoms.